The maximum atomic E-state index is 12.3. The van der Waals surface area contributed by atoms with E-state index in [4.69, 9.17) is 11.6 Å². The molecule has 8 heteroatoms. The number of rotatable bonds is 5. The molecule has 128 valence electrons. The molecule has 0 atom stereocenters. The molecule has 0 saturated heterocycles. The van der Waals surface area contributed by atoms with Gasteiger partial charge in [0, 0.05) is 24.8 Å². The molecule has 1 aromatic carbocycles. The minimum Gasteiger partial charge on any atom is -0.350 e. The van der Waals surface area contributed by atoms with Gasteiger partial charge in [-0.15, -0.1) is 5.10 Å². The number of halogens is 1. The Labute approximate surface area is 148 Å². The summed E-state index contributed by atoms with van der Waals surface area (Å²) < 4.78 is 2.48. The largest absolute Gasteiger partial charge is 0.350 e. The van der Waals surface area contributed by atoms with Crippen molar-refractivity contribution in [1.29, 1.82) is 0 Å². The number of amides is 1. The standard InChI is InChI=1S/C17H16ClN5O2/c1-22-16(14-8-4-5-9-19-14)21-23(17(22)25)11-15(24)20-10-12-6-2-3-7-13(12)18/h2-9H,10-11H2,1H3,(H,20,24). The van der Waals surface area contributed by atoms with E-state index in [9.17, 15) is 9.59 Å². The van der Waals surface area contributed by atoms with Crippen LogP contribution in [0.3, 0.4) is 0 Å². The Bertz CT molecular complexity index is 949. The highest BCUT2D eigenvalue weighted by molar-refractivity contribution is 6.31. The van der Waals surface area contributed by atoms with E-state index in [1.54, 1.807) is 31.4 Å². The zero-order valence-electron chi connectivity index (χ0n) is 13.5. The van der Waals surface area contributed by atoms with Crippen LogP contribution in [-0.4, -0.2) is 25.2 Å². The molecule has 0 aliphatic rings. The molecule has 0 aliphatic carbocycles. The molecule has 0 saturated carbocycles. The van der Waals surface area contributed by atoms with Crippen molar-refractivity contribution in [1.82, 2.24) is 24.6 Å². The van der Waals surface area contributed by atoms with Crippen LogP contribution in [0.25, 0.3) is 11.5 Å². The molecule has 0 radical (unpaired) electrons. The first-order valence-electron chi connectivity index (χ1n) is 7.61. The summed E-state index contributed by atoms with van der Waals surface area (Å²) in [5, 5.41) is 7.52. The van der Waals surface area contributed by atoms with Gasteiger partial charge < -0.3 is 5.32 Å². The van der Waals surface area contributed by atoms with E-state index < -0.39 is 0 Å². The van der Waals surface area contributed by atoms with Crippen molar-refractivity contribution in [2.45, 2.75) is 13.1 Å². The van der Waals surface area contributed by atoms with E-state index in [0.717, 1.165) is 10.2 Å². The van der Waals surface area contributed by atoms with Crippen molar-refractivity contribution in [2.24, 2.45) is 7.05 Å². The third-order valence-electron chi connectivity index (χ3n) is 3.66. The Balaban J connectivity index is 1.72. The van der Waals surface area contributed by atoms with E-state index in [1.165, 1.54) is 4.57 Å². The molecule has 0 aliphatic heterocycles. The van der Waals surface area contributed by atoms with E-state index in [-0.39, 0.29) is 24.7 Å². The summed E-state index contributed by atoms with van der Waals surface area (Å²) in [4.78, 5) is 28.6. The van der Waals surface area contributed by atoms with Crippen LogP contribution in [0.4, 0.5) is 0 Å². The minimum absolute atomic E-state index is 0.177. The molecule has 0 fully saturated rings. The van der Waals surface area contributed by atoms with Crippen LogP contribution in [0, 0.1) is 0 Å². The average Bonchev–Trinajstić information content (AvgIpc) is 2.90. The lowest BCUT2D eigenvalue weighted by Gasteiger charge is -2.06. The monoisotopic (exact) mass is 357 g/mol. The molecule has 1 amide bonds. The van der Waals surface area contributed by atoms with Crippen LogP contribution >= 0.6 is 11.6 Å². The van der Waals surface area contributed by atoms with Gasteiger partial charge in [-0.2, -0.15) is 0 Å². The van der Waals surface area contributed by atoms with Crippen LogP contribution in [0.2, 0.25) is 5.02 Å². The van der Waals surface area contributed by atoms with E-state index in [1.807, 2.05) is 24.3 Å². The third kappa shape index (κ3) is 3.77. The lowest BCUT2D eigenvalue weighted by atomic mass is 10.2. The minimum atomic E-state index is -0.381. The zero-order valence-corrected chi connectivity index (χ0v) is 14.3. The van der Waals surface area contributed by atoms with Gasteiger partial charge in [0.15, 0.2) is 5.82 Å². The second-order valence-electron chi connectivity index (χ2n) is 5.41. The van der Waals surface area contributed by atoms with Gasteiger partial charge >= 0.3 is 5.69 Å². The summed E-state index contributed by atoms with van der Waals surface area (Å²) >= 11 is 6.06. The molecule has 3 aromatic rings. The second-order valence-corrected chi connectivity index (χ2v) is 5.81. The third-order valence-corrected chi connectivity index (χ3v) is 4.03. The van der Waals surface area contributed by atoms with Gasteiger partial charge in [0.05, 0.1) is 0 Å². The summed E-state index contributed by atoms with van der Waals surface area (Å²) in [6.07, 6.45) is 1.62. The lowest BCUT2D eigenvalue weighted by molar-refractivity contribution is -0.122. The lowest BCUT2D eigenvalue weighted by Crippen LogP contribution is -2.33. The molecular weight excluding hydrogens is 342 g/mol. The average molecular weight is 358 g/mol. The fourth-order valence-electron chi connectivity index (χ4n) is 2.34. The number of pyridine rings is 1. The van der Waals surface area contributed by atoms with Gasteiger partial charge in [0.2, 0.25) is 5.91 Å². The Kier molecular flexibility index (Phi) is 4.95. The zero-order chi connectivity index (χ0) is 17.8. The van der Waals surface area contributed by atoms with E-state index >= 15 is 0 Å². The van der Waals surface area contributed by atoms with Crippen molar-refractivity contribution in [2.75, 3.05) is 0 Å². The Hall–Kier alpha value is -2.93. The van der Waals surface area contributed by atoms with Crippen LogP contribution in [0.1, 0.15) is 5.56 Å². The van der Waals surface area contributed by atoms with Gasteiger partial charge in [-0.25, -0.2) is 9.48 Å². The number of aromatic nitrogens is 4. The van der Waals surface area contributed by atoms with Crippen molar-refractivity contribution < 1.29 is 4.79 Å². The molecule has 3 rings (SSSR count). The van der Waals surface area contributed by atoms with E-state index in [2.05, 4.69) is 15.4 Å². The number of nitrogens with zero attached hydrogens (tertiary/aromatic N) is 4. The summed E-state index contributed by atoms with van der Waals surface area (Å²) in [6, 6.07) is 12.6. The molecule has 25 heavy (non-hydrogen) atoms. The molecule has 1 N–H and O–H groups in total. The number of benzene rings is 1. The van der Waals surface area contributed by atoms with Crippen LogP contribution in [-0.2, 0) is 24.9 Å². The van der Waals surface area contributed by atoms with Gasteiger partial charge in [-0.1, -0.05) is 35.9 Å². The SMILES string of the molecule is Cn1c(-c2ccccn2)nn(CC(=O)NCc2ccccc2Cl)c1=O. The van der Waals surface area contributed by atoms with Crippen molar-refractivity contribution in [3.63, 3.8) is 0 Å². The van der Waals surface area contributed by atoms with Crippen LogP contribution < -0.4 is 11.0 Å². The number of hydrogen-bond donors (Lipinski definition) is 1. The summed E-state index contributed by atoms with van der Waals surface area (Å²) in [5.41, 5.74) is 0.992. The molecule has 0 spiro atoms. The fourth-order valence-corrected chi connectivity index (χ4v) is 2.54. The fraction of sp³-hybridized carbons (Fsp3) is 0.176. The smallest absolute Gasteiger partial charge is 0.346 e. The van der Waals surface area contributed by atoms with Crippen LogP contribution in [0.5, 0.6) is 0 Å². The number of carbonyl (C=O) groups is 1. The molecular formula is C17H16ClN5O2. The van der Waals surface area contributed by atoms with Gasteiger partial charge in [-0.05, 0) is 23.8 Å². The maximum absolute atomic E-state index is 12.3. The number of nitrogens with one attached hydrogen (secondary N) is 1. The normalized spacial score (nSPS) is 10.6. The number of carbonyl (C=O) groups excluding carboxylic acids is 1. The first-order chi connectivity index (χ1) is 12.1. The van der Waals surface area contributed by atoms with Gasteiger partial charge in [-0.3, -0.25) is 14.3 Å². The Morgan fingerprint density at radius 2 is 1.96 bits per heavy atom. The van der Waals surface area contributed by atoms with Gasteiger partial charge in [0.1, 0.15) is 12.2 Å². The predicted octanol–water partition coefficient (Wildman–Crippen LogP) is 1.61. The second kappa shape index (κ2) is 7.31. The number of hydrogen-bond acceptors (Lipinski definition) is 4. The van der Waals surface area contributed by atoms with Crippen LogP contribution in [0.15, 0.2) is 53.5 Å². The highest BCUT2D eigenvalue weighted by Crippen LogP contribution is 2.14. The molecule has 7 nitrogen and oxygen atoms in total. The highest BCUT2D eigenvalue weighted by atomic mass is 35.5. The summed E-state index contributed by atoms with van der Waals surface area (Å²) in [6.45, 7) is 0.108. The molecule has 2 aromatic heterocycles. The molecule has 2 heterocycles. The molecule has 0 unspecified atom stereocenters. The first-order valence-corrected chi connectivity index (χ1v) is 7.99. The van der Waals surface area contributed by atoms with Crippen molar-refractivity contribution in [3.8, 4) is 11.5 Å². The Morgan fingerprint density at radius 1 is 1.20 bits per heavy atom. The summed E-state index contributed by atoms with van der Waals surface area (Å²) in [7, 11) is 1.59. The maximum Gasteiger partial charge on any atom is 0.346 e. The van der Waals surface area contributed by atoms with Crippen molar-refractivity contribution >= 4 is 17.5 Å². The van der Waals surface area contributed by atoms with E-state index in [0.29, 0.717) is 16.5 Å². The van der Waals surface area contributed by atoms with Crippen molar-refractivity contribution in [3.05, 3.63) is 69.7 Å². The topological polar surface area (TPSA) is 81.8 Å². The predicted molar refractivity (Wildman–Crippen MR) is 94.0 cm³/mol. The quantitative estimate of drug-likeness (QED) is 0.752. The highest BCUT2D eigenvalue weighted by Gasteiger charge is 2.15. The Morgan fingerprint density at radius 3 is 2.68 bits per heavy atom. The first kappa shape index (κ1) is 16.9. The van der Waals surface area contributed by atoms with Gasteiger partial charge in [0.25, 0.3) is 0 Å². The molecule has 0 bridgehead atoms. The summed E-state index contributed by atoms with van der Waals surface area (Å²) in [5.74, 6) is 0.0807.